The van der Waals surface area contributed by atoms with Crippen molar-refractivity contribution in [2.45, 2.75) is 31.7 Å². The zero-order valence-corrected chi connectivity index (χ0v) is 18.0. The van der Waals surface area contributed by atoms with Gasteiger partial charge in [0.25, 0.3) is 10.0 Å². The van der Waals surface area contributed by atoms with E-state index in [4.69, 9.17) is 0 Å². The normalized spacial score (nSPS) is 11.1. The molecule has 0 atom stereocenters. The van der Waals surface area contributed by atoms with Crippen molar-refractivity contribution in [3.63, 3.8) is 0 Å². The van der Waals surface area contributed by atoms with E-state index in [-0.39, 0.29) is 17.3 Å². The minimum Gasteiger partial charge on any atom is -0.350 e. The Kier molecular flexibility index (Phi) is 6.90. The predicted octanol–water partition coefficient (Wildman–Crippen LogP) is 4.07. The van der Waals surface area contributed by atoms with E-state index in [1.807, 2.05) is 50.2 Å². The highest BCUT2D eigenvalue weighted by Crippen LogP contribution is 2.27. The summed E-state index contributed by atoms with van der Waals surface area (Å²) in [7, 11) is -3.90. The van der Waals surface area contributed by atoms with E-state index in [0.717, 1.165) is 16.7 Å². The summed E-state index contributed by atoms with van der Waals surface area (Å²) in [4.78, 5) is 12.9. The fourth-order valence-corrected chi connectivity index (χ4v) is 4.65. The van der Waals surface area contributed by atoms with Gasteiger partial charge in [-0.3, -0.25) is 9.10 Å². The largest absolute Gasteiger partial charge is 0.350 e. The molecule has 5 nitrogen and oxygen atoms in total. The second-order valence-corrected chi connectivity index (χ2v) is 8.93. The molecule has 3 aromatic carbocycles. The molecule has 0 unspecified atom stereocenters. The topological polar surface area (TPSA) is 66.5 Å². The lowest BCUT2D eigenvalue weighted by molar-refractivity contribution is -0.119. The van der Waals surface area contributed by atoms with Crippen molar-refractivity contribution in [1.82, 2.24) is 5.32 Å². The number of hydrogen-bond donors (Lipinski definition) is 1. The summed E-state index contributed by atoms with van der Waals surface area (Å²) in [6, 6.07) is 23.3. The lowest BCUT2D eigenvalue weighted by Crippen LogP contribution is -2.41. The molecule has 3 aromatic rings. The molecule has 0 aliphatic carbocycles. The average Bonchev–Trinajstić information content (AvgIpc) is 2.77. The van der Waals surface area contributed by atoms with Crippen LogP contribution < -0.4 is 9.62 Å². The van der Waals surface area contributed by atoms with Crippen molar-refractivity contribution in [3.8, 4) is 0 Å². The third-order valence-electron chi connectivity index (χ3n) is 4.87. The average molecular weight is 423 g/mol. The Labute approximate surface area is 178 Å². The molecular weight excluding hydrogens is 396 g/mol. The lowest BCUT2D eigenvalue weighted by atomic mass is 10.1. The summed E-state index contributed by atoms with van der Waals surface area (Å²) in [5.41, 5.74) is 3.49. The lowest BCUT2D eigenvalue weighted by Gasteiger charge is -2.26. The fraction of sp³-hybridized carbons (Fsp3) is 0.208. The first-order valence-electron chi connectivity index (χ1n) is 9.89. The molecule has 0 aromatic heterocycles. The van der Waals surface area contributed by atoms with Crippen molar-refractivity contribution in [2.24, 2.45) is 0 Å². The molecule has 30 heavy (non-hydrogen) atoms. The van der Waals surface area contributed by atoms with E-state index in [9.17, 15) is 13.2 Å². The molecule has 0 aliphatic rings. The Hall–Kier alpha value is -3.12. The molecule has 0 bridgehead atoms. The van der Waals surface area contributed by atoms with Crippen LogP contribution >= 0.6 is 0 Å². The molecule has 156 valence electrons. The van der Waals surface area contributed by atoms with Gasteiger partial charge in [-0.2, -0.15) is 0 Å². The predicted molar refractivity (Wildman–Crippen MR) is 120 cm³/mol. The van der Waals surface area contributed by atoms with E-state index >= 15 is 0 Å². The minimum atomic E-state index is -3.90. The van der Waals surface area contributed by atoms with Crippen molar-refractivity contribution >= 4 is 21.6 Å². The molecule has 0 fully saturated rings. The smallest absolute Gasteiger partial charge is 0.264 e. The number of hydrogen-bond acceptors (Lipinski definition) is 3. The molecule has 6 heteroatoms. The Morgan fingerprint density at radius 1 is 0.900 bits per heavy atom. The SMILES string of the molecule is CCc1ccccc1N(CC(=O)NCc1ccc(C)cc1)S(=O)(=O)c1ccccc1. The summed E-state index contributed by atoms with van der Waals surface area (Å²) in [6.45, 7) is 4.01. The van der Waals surface area contributed by atoms with Crippen LogP contribution in [-0.4, -0.2) is 20.9 Å². The van der Waals surface area contributed by atoms with E-state index in [1.54, 1.807) is 42.5 Å². The number of carbonyl (C=O) groups is 1. The fourth-order valence-electron chi connectivity index (χ4n) is 3.17. The Morgan fingerprint density at radius 3 is 2.20 bits per heavy atom. The number of nitrogens with zero attached hydrogens (tertiary/aromatic N) is 1. The standard InChI is InChI=1S/C24H26N2O3S/c1-3-21-9-7-8-12-23(21)26(30(28,29)22-10-5-4-6-11-22)18-24(27)25-17-20-15-13-19(2)14-16-20/h4-16H,3,17-18H2,1-2H3,(H,25,27). The van der Waals surface area contributed by atoms with E-state index < -0.39 is 10.0 Å². The number of carbonyl (C=O) groups excluding carboxylic acids is 1. The van der Waals surface area contributed by atoms with Gasteiger partial charge in [0.1, 0.15) is 6.54 Å². The Bertz CT molecular complexity index is 1090. The summed E-state index contributed by atoms with van der Waals surface area (Å²) in [6.07, 6.45) is 0.655. The van der Waals surface area contributed by atoms with Gasteiger partial charge in [-0.15, -0.1) is 0 Å². The molecular formula is C24H26N2O3S. The molecule has 3 rings (SSSR count). The summed E-state index contributed by atoms with van der Waals surface area (Å²) in [5, 5.41) is 2.83. The highest BCUT2D eigenvalue weighted by molar-refractivity contribution is 7.92. The molecule has 0 saturated carbocycles. The first-order chi connectivity index (χ1) is 14.4. The van der Waals surface area contributed by atoms with Gasteiger partial charge in [0.05, 0.1) is 10.6 Å². The zero-order chi connectivity index (χ0) is 21.6. The van der Waals surface area contributed by atoms with Gasteiger partial charge in [0.2, 0.25) is 5.91 Å². The van der Waals surface area contributed by atoms with Crippen molar-refractivity contribution < 1.29 is 13.2 Å². The van der Waals surface area contributed by atoms with Crippen LogP contribution in [0.25, 0.3) is 0 Å². The maximum atomic E-state index is 13.4. The number of anilines is 1. The van der Waals surface area contributed by atoms with Crippen molar-refractivity contribution in [1.29, 1.82) is 0 Å². The second-order valence-electron chi connectivity index (χ2n) is 7.07. The van der Waals surface area contributed by atoms with Crippen LogP contribution in [0.5, 0.6) is 0 Å². The van der Waals surface area contributed by atoms with Gasteiger partial charge in [-0.25, -0.2) is 8.42 Å². The second kappa shape index (κ2) is 9.59. The molecule has 0 saturated heterocycles. The number of benzene rings is 3. The first-order valence-corrected chi connectivity index (χ1v) is 11.3. The Morgan fingerprint density at radius 2 is 1.53 bits per heavy atom. The van der Waals surface area contributed by atoms with E-state index in [0.29, 0.717) is 18.7 Å². The van der Waals surface area contributed by atoms with Gasteiger partial charge < -0.3 is 5.32 Å². The van der Waals surface area contributed by atoms with Gasteiger partial charge in [0, 0.05) is 6.54 Å². The highest BCUT2D eigenvalue weighted by atomic mass is 32.2. The van der Waals surface area contributed by atoms with E-state index in [1.165, 1.54) is 4.31 Å². The molecule has 1 N–H and O–H groups in total. The van der Waals surface area contributed by atoms with Gasteiger partial charge in [-0.05, 0) is 42.7 Å². The maximum Gasteiger partial charge on any atom is 0.264 e. The molecule has 1 amide bonds. The minimum absolute atomic E-state index is 0.155. The number of sulfonamides is 1. The zero-order valence-electron chi connectivity index (χ0n) is 17.2. The van der Waals surface area contributed by atoms with E-state index in [2.05, 4.69) is 5.32 Å². The van der Waals surface area contributed by atoms with Crippen LogP contribution in [0.3, 0.4) is 0 Å². The van der Waals surface area contributed by atoms with Gasteiger partial charge in [0.15, 0.2) is 0 Å². The van der Waals surface area contributed by atoms with Crippen molar-refractivity contribution in [3.05, 3.63) is 95.6 Å². The van der Waals surface area contributed by atoms with Crippen molar-refractivity contribution in [2.75, 3.05) is 10.8 Å². The molecule has 0 heterocycles. The quantitative estimate of drug-likeness (QED) is 0.595. The maximum absolute atomic E-state index is 13.4. The van der Waals surface area contributed by atoms with Crippen LogP contribution in [0.1, 0.15) is 23.6 Å². The number of nitrogens with one attached hydrogen (secondary N) is 1. The van der Waals surface area contributed by atoms with Crippen LogP contribution in [-0.2, 0) is 27.8 Å². The van der Waals surface area contributed by atoms with Crippen LogP contribution in [0.15, 0.2) is 83.8 Å². The summed E-state index contributed by atoms with van der Waals surface area (Å²) in [5.74, 6) is -0.360. The van der Waals surface area contributed by atoms with Crippen LogP contribution in [0.2, 0.25) is 0 Å². The molecule has 0 aliphatic heterocycles. The van der Waals surface area contributed by atoms with Gasteiger partial charge >= 0.3 is 0 Å². The van der Waals surface area contributed by atoms with Gasteiger partial charge in [-0.1, -0.05) is 73.2 Å². The third kappa shape index (κ3) is 5.07. The number of rotatable bonds is 8. The number of para-hydroxylation sites is 1. The summed E-state index contributed by atoms with van der Waals surface area (Å²) < 4.78 is 28.0. The Balaban J connectivity index is 1.88. The monoisotopic (exact) mass is 422 g/mol. The van der Waals surface area contributed by atoms with Crippen LogP contribution in [0, 0.1) is 6.92 Å². The highest BCUT2D eigenvalue weighted by Gasteiger charge is 2.28. The molecule has 0 spiro atoms. The molecule has 0 radical (unpaired) electrons. The van der Waals surface area contributed by atoms with Crippen LogP contribution in [0.4, 0.5) is 5.69 Å². The first kappa shape index (κ1) is 21.6. The number of aryl methyl sites for hydroxylation is 2. The number of amides is 1. The summed E-state index contributed by atoms with van der Waals surface area (Å²) >= 11 is 0. The third-order valence-corrected chi connectivity index (χ3v) is 6.64.